The van der Waals surface area contributed by atoms with Crippen LogP contribution in [0.4, 0.5) is 0 Å². The second kappa shape index (κ2) is 4.36. The van der Waals surface area contributed by atoms with E-state index in [4.69, 9.17) is 5.73 Å². The third-order valence-electron chi connectivity index (χ3n) is 1.19. The van der Waals surface area contributed by atoms with E-state index in [2.05, 4.69) is 13.8 Å². The van der Waals surface area contributed by atoms with Crippen molar-refractivity contribution in [2.24, 2.45) is 11.7 Å². The van der Waals surface area contributed by atoms with Crippen molar-refractivity contribution in [1.29, 1.82) is 0 Å². The maximum atomic E-state index is 10.3. The largest absolute Gasteiger partial charge is 0.370 e. The molecule has 2 N–H and O–H groups in total. The molecule has 2 nitrogen and oxygen atoms in total. The topological polar surface area (TPSA) is 43.1 Å². The van der Waals surface area contributed by atoms with Crippen molar-refractivity contribution in [3.05, 3.63) is 6.92 Å². The quantitative estimate of drug-likeness (QED) is 0.605. The highest BCUT2D eigenvalue weighted by atomic mass is 16.1. The molecule has 53 valence electrons. The number of amides is 1. The van der Waals surface area contributed by atoms with Crippen LogP contribution in [0.15, 0.2) is 0 Å². The van der Waals surface area contributed by atoms with Gasteiger partial charge in [0.05, 0.1) is 0 Å². The third-order valence-corrected chi connectivity index (χ3v) is 1.19. The Morgan fingerprint density at radius 1 is 1.78 bits per heavy atom. The summed E-state index contributed by atoms with van der Waals surface area (Å²) in [6.45, 7) is 5.84. The minimum absolute atomic E-state index is 0.215. The van der Waals surface area contributed by atoms with Gasteiger partial charge in [-0.3, -0.25) is 4.79 Å². The van der Waals surface area contributed by atoms with Gasteiger partial charge < -0.3 is 5.73 Å². The van der Waals surface area contributed by atoms with Gasteiger partial charge in [0.1, 0.15) is 0 Å². The maximum Gasteiger partial charge on any atom is 0.217 e. The first-order valence-electron chi connectivity index (χ1n) is 3.28. The molecule has 0 aromatic rings. The van der Waals surface area contributed by atoms with Crippen LogP contribution in [0.3, 0.4) is 0 Å². The van der Waals surface area contributed by atoms with E-state index in [1.807, 2.05) is 0 Å². The molecule has 0 aliphatic heterocycles. The number of carbonyl (C=O) groups is 1. The molecule has 9 heavy (non-hydrogen) atoms. The number of rotatable bonds is 4. The molecule has 0 spiro atoms. The van der Waals surface area contributed by atoms with E-state index in [0.29, 0.717) is 6.42 Å². The van der Waals surface area contributed by atoms with Crippen molar-refractivity contribution >= 4 is 5.91 Å². The smallest absolute Gasteiger partial charge is 0.217 e. The van der Waals surface area contributed by atoms with Crippen molar-refractivity contribution in [2.45, 2.75) is 26.2 Å². The van der Waals surface area contributed by atoms with Crippen molar-refractivity contribution in [3.8, 4) is 0 Å². The van der Waals surface area contributed by atoms with Gasteiger partial charge in [-0.25, -0.2) is 0 Å². The van der Waals surface area contributed by atoms with E-state index < -0.39 is 0 Å². The fourth-order valence-corrected chi connectivity index (χ4v) is 0.795. The molecule has 0 bridgehead atoms. The van der Waals surface area contributed by atoms with Gasteiger partial charge in [-0.2, -0.15) is 0 Å². The summed E-state index contributed by atoms with van der Waals surface area (Å²) in [4.78, 5) is 10.3. The molecule has 0 aliphatic carbocycles. The van der Waals surface area contributed by atoms with Crippen LogP contribution >= 0.6 is 0 Å². The van der Waals surface area contributed by atoms with E-state index in [-0.39, 0.29) is 11.8 Å². The summed E-state index contributed by atoms with van der Waals surface area (Å²) in [5.41, 5.74) is 4.94. The Morgan fingerprint density at radius 2 is 2.33 bits per heavy atom. The zero-order valence-corrected chi connectivity index (χ0v) is 5.89. The summed E-state index contributed by atoms with van der Waals surface area (Å²) < 4.78 is 0. The van der Waals surface area contributed by atoms with E-state index in [1.165, 1.54) is 0 Å². The Balaban J connectivity index is 3.26. The second-order valence-corrected chi connectivity index (χ2v) is 2.33. The monoisotopic (exact) mass is 128 g/mol. The first-order valence-corrected chi connectivity index (χ1v) is 3.28. The van der Waals surface area contributed by atoms with Gasteiger partial charge in [0, 0.05) is 6.42 Å². The zero-order chi connectivity index (χ0) is 7.28. The molecule has 2 heteroatoms. The van der Waals surface area contributed by atoms with Crippen LogP contribution in [-0.2, 0) is 4.79 Å². The van der Waals surface area contributed by atoms with Crippen LogP contribution in [0.5, 0.6) is 0 Å². The Morgan fingerprint density at radius 3 is 2.67 bits per heavy atom. The molecule has 1 radical (unpaired) electrons. The number of hydrogen-bond donors (Lipinski definition) is 1. The van der Waals surface area contributed by atoms with E-state index >= 15 is 0 Å². The van der Waals surface area contributed by atoms with Gasteiger partial charge in [0.2, 0.25) is 5.91 Å². The van der Waals surface area contributed by atoms with Crippen molar-refractivity contribution < 1.29 is 4.79 Å². The molecular weight excluding hydrogens is 114 g/mol. The van der Waals surface area contributed by atoms with E-state index in [0.717, 1.165) is 12.8 Å². The van der Waals surface area contributed by atoms with Crippen molar-refractivity contribution in [1.82, 2.24) is 0 Å². The Labute approximate surface area is 56.4 Å². The third kappa shape index (κ3) is 5.34. The fraction of sp³-hybridized carbons (Fsp3) is 0.714. The summed E-state index contributed by atoms with van der Waals surface area (Å²) in [7, 11) is 0. The fourth-order valence-electron chi connectivity index (χ4n) is 0.795. The zero-order valence-electron chi connectivity index (χ0n) is 5.89. The lowest BCUT2D eigenvalue weighted by atomic mass is 10.0. The highest BCUT2D eigenvalue weighted by Crippen LogP contribution is 2.07. The Hall–Kier alpha value is -0.530. The lowest BCUT2D eigenvalue weighted by molar-refractivity contribution is -0.118. The predicted molar refractivity (Wildman–Crippen MR) is 37.6 cm³/mol. The lowest BCUT2D eigenvalue weighted by Gasteiger charge is -2.04. The second-order valence-electron chi connectivity index (χ2n) is 2.33. The molecule has 0 aliphatic rings. The molecule has 0 saturated carbocycles. The maximum absolute atomic E-state index is 10.3. The van der Waals surface area contributed by atoms with Gasteiger partial charge in [0.15, 0.2) is 0 Å². The molecule has 0 heterocycles. The summed E-state index contributed by atoms with van der Waals surface area (Å²) in [6.07, 6.45) is 2.48. The van der Waals surface area contributed by atoms with E-state index in [9.17, 15) is 4.79 Å². The first kappa shape index (κ1) is 8.47. The Bertz CT molecular complexity index is 90.9. The van der Waals surface area contributed by atoms with Gasteiger partial charge in [-0.1, -0.05) is 19.8 Å². The van der Waals surface area contributed by atoms with Crippen LogP contribution in [0.2, 0.25) is 0 Å². The lowest BCUT2D eigenvalue weighted by Crippen LogP contribution is -2.14. The summed E-state index contributed by atoms with van der Waals surface area (Å²) >= 11 is 0. The van der Waals surface area contributed by atoms with Crippen molar-refractivity contribution in [2.75, 3.05) is 0 Å². The van der Waals surface area contributed by atoms with Crippen LogP contribution < -0.4 is 5.73 Å². The predicted octanol–water partition coefficient (Wildman–Crippen LogP) is 1.11. The molecule has 0 aromatic heterocycles. The summed E-state index contributed by atoms with van der Waals surface area (Å²) in [5.74, 6) is -0.0315. The number of nitrogens with two attached hydrogens (primary N) is 1. The van der Waals surface area contributed by atoms with Crippen LogP contribution in [0.25, 0.3) is 0 Å². The van der Waals surface area contributed by atoms with Gasteiger partial charge in [0.25, 0.3) is 0 Å². The van der Waals surface area contributed by atoms with Gasteiger partial charge in [-0.15, -0.1) is 0 Å². The Kier molecular flexibility index (Phi) is 4.10. The van der Waals surface area contributed by atoms with Gasteiger partial charge in [-0.05, 0) is 12.8 Å². The molecular formula is C7H14NO. The first-order chi connectivity index (χ1) is 4.16. The molecule has 0 saturated heterocycles. The standard InChI is InChI=1S/C7H14NO/c1-3-4-6(2)5-7(8)9/h6H,2-5H2,1H3,(H2,8,9). The number of primary amides is 1. The average Bonchev–Trinajstić information content (AvgIpc) is 1.63. The summed E-state index contributed by atoms with van der Waals surface area (Å²) in [6, 6.07) is 0. The normalized spacial score (nSPS) is 13.1. The van der Waals surface area contributed by atoms with Crippen LogP contribution in [0, 0.1) is 12.8 Å². The molecule has 0 aromatic carbocycles. The highest BCUT2D eigenvalue weighted by molar-refractivity contribution is 5.74. The van der Waals surface area contributed by atoms with E-state index in [1.54, 1.807) is 0 Å². The number of hydrogen-bond acceptors (Lipinski definition) is 1. The minimum Gasteiger partial charge on any atom is -0.370 e. The average molecular weight is 128 g/mol. The van der Waals surface area contributed by atoms with Gasteiger partial charge >= 0.3 is 0 Å². The summed E-state index contributed by atoms with van der Waals surface area (Å²) in [5, 5.41) is 0. The SMILES string of the molecule is [CH2]C(CCC)CC(N)=O. The van der Waals surface area contributed by atoms with Crippen LogP contribution in [0.1, 0.15) is 26.2 Å². The number of carbonyl (C=O) groups excluding carboxylic acids is 1. The highest BCUT2D eigenvalue weighted by Gasteiger charge is 2.03. The van der Waals surface area contributed by atoms with Crippen LogP contribution in [-0.4, -0.2) is 5.91 Å². The molecule has 0 fully saturated rings. The molecule has 1 amide bonds. The minimum atomic E-state index is -0.247. The molecule has 0 rings (SSSR count). The molecule has 1 atom stereocenters. The molecule has 1 unspecified atom stereocenters. The van der Waals surface area contributed by atoms with Crippen molar-refractivity contribution in [3.63, 3.8) is 0 Å².